The fourth-order valence-corrected chi connectivity index (χ4v) is 1.88. The molecular formula is C12H14Cl3NO. The predicted octanol–water partition coefficient (Wildman–Crippen LogP) is 4.08. The average Bonchev–Trinajstić information content (AvgIpc) is 2.27. The summed E-state index contributed by atoms with van der Waals surface area (Å²) in [6.07, 6.45) is 0. The molecule has 0 atom stereocenters. The first-order valence-electron chi connectivity index (χ1n) is 5.09. The lowest BCUT2D eigenvalue weighted by Crippen LogP contribution is -2.46. The van der Waals surface area contributed by atoms with E-state index in [-0.39, 0.29) is 5.91 Å². The van der Waals surface area contributed by atoms with Gasteiger partial charge in [-0.2, -0.15) is 0 Å². The van der Waals surface area contributed by atoms with Crippen LogP contribution >= 0.6 is 34.8 Å². The molecule has 0 spiro atoms. The van der Waals surface area contributed by atoms with E-state index >= 15 is 0 Å². The first kappa shape index (κ1) is 14.6. The Morgan fingerprint density at radius 1 is 1.35 bits per heavy atom. The van der Waals surface area contributed by atoms with E-state index in [1.807, 2.05) is 13.8 Å². The standard InChI is InChI=1S/C12H14Cl3NO/c1-12(2,7-13)16(3)11(17)9-5-4-8(14)6-10(9)15/h4-6H,7H2,1-3H3. The van der Waals surface area contributed by atoms with Crippen molar-refractivity contribution < 1.29 is 4.79 Å². The number of rotatable bonds is 3. The lowest BCUT2D eigenvalue weighted by atomic mass is 10.0. The molecular weight excluding hydrogens is 280 g/mol. The molecule has 1 aromatic carbocycles. The van der Waals surface area contributed by atoms with Crippen molar-refractivity contribution in [3.63, 3.8) is 0 Å². The summed E-state index contributed by atoms with van der Waals surface area (Å²) in [5.41, 5.74) is -0.00141. The first-order valence-corrected chi connectivity index (χ1v) is 6.38. The van der Waals surface area contributed by atoms with Crippen LogP contribution < -0.4 is 0 Å². The number of carbonyl (C=O) groups excluding carboxylic acids is 1. The van der Waals surface area contributed by atoms with Gasteiger partial charge in [0, 0.05) is 18.0 Å². The van der Waals surface area contributed by atoms with Crippen molar-refractivity contribution in [1.82, 2.24) is 4.90 Å². The highest BCUT2D eigenvalue weighted by molar-refractivity contribution is 6.36. The number of hydrogen-bond donors (Lipinski definition) is 0. The van der Waals surface area contributed by atoms with Gasteiger partial charge in [-0.25, -0.2) is 0 Å². The fourth-order valence-electron chi connectivity index (χ4n) is 1.21. The minimum atomic E-state index is -0.429. The van der Waals surface area contributed by atoms with Gasteiger partial charge in [-0.05, 0) is 32.0 Å². The van der Waals surface area contributed by atoms with Gasteiger partial charge in [-0.1, -0.05) is 23.2 Å². The minimum Gasteiger partial charge on any atom is -0.335 e. The van der Waals surface area contributed by atoms with Gasteiger partial charge in [-0.3, -0.25) is 4.79 Å². The fraction of sp³-hybridized carbons (Fsp3) is 0.417. The lowest BCUT2D eigenvalue weighted by Gasteiger charge is -2.34. The molecule has 0 aliphatic heterocycles. The highest BCUT2D eigenvalue weighted by atomic mass is 35.5. The molecule has 0 aliphatic carbocycles. The van der Waals surface area contributed by atoms with Crippen molar-refractivity contribution in [3.8, 4) is 0 Å². The Kier molecular flexibility index (Phi) is 4.70. The Morgan fingerprint density at radius 3 is 2.41 bits per heavy atom. The SMILES string of the molecule is CN(C(=O)c1ccc(Cl)cc1Cl)C(C)(C)CCl. The number of nitrogens with zero attached hydrogens (tertiary/aromatic N) is 1. The molecule has 0 bridgehead atoms. The molecule has 1 aromatic rings. The van der Waals surface area contributed by atoms with E-state index in [2.05, 4.69) is 0 Å². The molecule has 0 saturated carbocycles. The molecule has 1 amide bonds. The summed E-state index contributed by atoms with van der Waals surface area (Å²) in [5, 5.41) is 0.852. The van der Waals surface area contributed by atoms with Crippen molar-refractivity contribution in [1.29, 1.82) is 0 Å². The number of amides is 1. The quantitative estimate of drug-likeness (QED) is 0.769. The summed E-state index contributed by atoms with van der Waals surface area (Å²) in [5.74, 6) is 0.179. The molecule has 0 heterocycles. The van der Waals surface area contributed by atoms with E-state index in [0.717, 1.165) is 0 Å². The zero-order chi connectivity index (χ0) is 13.2. The molecule has 0 N–H and O–H groups in total. The Hall–Kier alpha value is -0.440. The summed E-state index contributed by atoms with van der Waals surface area (Å²) in [6.45, 7) is 3.78. The van der Waals surface area contributed by atoms with Gasteiger partial charge in [0.05, 0.1) is 16.1 Å². The zero-order valence-electron chi connectivity index (χ0n) is 9.93. The normalized spacial score (nSPS) is 11.4. The summed E-state index contributed by atoms with van der Waals surface area (Å²) < 4.78 is 0. The summed E-state index contributed by atoms with van der Waals surface area (Å²) in [4.78, 5) is 13.8. The third kappa shape index (κ3) is 3.27. The monoisotopic (exact) mass is 293 g/mol. The first-order chi connectivity index (χ1) is 7.79. The van der Waals surface area contributed by atoms with E-state index < -0.39 is 5.54 Å². The summed E-state index contributed by atoms with van der Waals surface area (Å²) >= 11 is 17.6. The molecule has 17 heavy (non-hydrogen) atoms. The molecule has 0 aliphatic rings. The maximum Gasteiger partial charge on any atom is 0.255 e. The Labute approximate surface area is 116 Å². The van der Waals surface area contributed by atoms with Crippen molar-refractivity contribution in [3.05, 3.63) is 33.8 Å². The highest BCUT2D eigenvalue weighted by Gasteiger charge is 2.28. The third-order valence-electron chi connectivity index (χ3n) is 2.70. The largest absolute Gasteiger partial charge is 0.335 e. The molecule has 0 saturated heterocycles. The summed E-state index contributed by atoms with van der Waals surface area (Å²) in [6, 6.07) is 4.81. The summed E-state index contributed by atoms with van der Waals surface area (Å²) in [7, 11) is 1.70. The van der Waals surface area contributed by atoms with E-state index in [4.69, 9.17) is 34.8 Å². The van der Waals surface area contributed by atoms with Crippen LogP contribution in [-0.2, 0) is 0 Å². The van der Waals surface area contributed by atoms with Crippen LogP contribution in [0.15, 0.2) is 18.2 Å². The number of benzene rings is 1. The van der Waals surface area contributed by atoms with Crippen molar-refractivity contribution in [2.75, 3.05) is 12.9 Å². The maximum absolute atomic E-state index is 12.2. The topological polar surface area (TPSA) is 20.3 Å². The van der Waals surface area contributed by atoms with Crippen molar-refractivity contribution >= 4 is 40.7 Å². The zero-order valence-corrected chi connectivity index (χ0v) is 12.2. The van der Waals surface area contributed by atoms with Gasteiger partial charge < -0.3 is 4.90 Å². The van der Waals surface area contributed by atoms with Crippen molar-refractivity contribution in [2.24, 2.45) is 0 Å². The van der Waals surface area contributed by atoms with Gasteiger partial charge >= 0.3 is 0 Å². The Morgan fingerprint density at radius 2 is 1.94 bits per heavy atom. The maximum atomic E-state index is 12.2. The van der Waals surface area contributed by atoms with Gasteiger partial charge in [-0.15, -0.1) is 11.6 Å². The average molecular weight is 295 g/mol. The van der Waals surface area contributed by atoms with Crippen LogP contribution in [0.4, 0.5) is 0 Å². The van der Waals surface area contributed by atoms with Crippen LogP contribution in [0.5, 0.6) is 0 Å². The molecule has 0 aromatic heterocycles. The second-order valence-corrected chi connectivity index (χ2v) is 5.55. The number of carbonyl (C=O) groups is 1. The highest BCUT2D eigenvalue weighted by Crippen LogP contribution is 2.24. The minimum absolute atomic E-state index is 0.169. The van der Waals surface area contributed by atoms with Crippen LogP contribution in [0, 0.1) is 0 Å². The molecule has 0 unspecified atom stereocenters. The molecule has 0 fully saturated rings. The lowest BCUT2D eigenvalue weighted by molar-refractivity contribution is 0.0660. The van der Waals surface area contributed by atoms with Gasteiger partial charge in [0.25, 0.3) is 5.91 Å². The predicted molar refractivity (Wildman–Crippen MR) is 73.4 cm³/mol. The molecule has 5 heteroatoms. The van der Waals surface area contributed by atoms with Gasteiger partial charge in [0.1, 0.15) is 0 Å². The van der Waals surface area contributed by atoms with Gasteiger partial charge in [0.15, 0.2) is 0 Å². The van der Waals surface area contributed by atoms with E-state index in [1.54, 1.807) is 30.1 Å². The molecule has 94 valence electrons. The molecule has 2 nitrogen and oxygen atoms in total. The number of halogens is 3. The van der Waals surface area contributed by atoms with Crippen LogP contribution in [0.1, 0.15) is 24.2 Å². The molecule has 1 rings (SSSR count). The Bertz CT molecular complexity index is 432. The van der Waals surface area contributed by atoms with Crippen LogP contribution in [0.25, 0.3) is 0 Å². The third-order valence-corrected chi connectivity index (χ3v) is 3.90. The van der Waals surface area contributed by atoms with E-state index in [1.165, 1.54) is 0 Å². The smallest absolute Gasteiger partial charge is 0.255 e. The second kappa shape index (κ2) is 5.47. The van der Waals surface area contributed by atoms with Crippen LogP contribution in [0.2, 0.25) is 10.0 Å². The van der Waals surface area contributed by atoms with E-state index in [0.29, 0.717) is 21.5 Å². The number of hydrogen-bond acceptors (Lipinski definition) is 1. The number of alkyl halides is 1. The Balaban J connectivity index is 3.05. The van der Waals surface area contributed by atoms with Gasteiger partial charge in [0.2, 0.25) is 0 Å². The van der Waals surface area contributed by atoms with Crippen LogP contribution in [0.3, 0.4) is 0 Å². The van der Waals surface area contributed by atoms with E-state index in [9.17, 15) is 4.79 Å². The van der Waals surface area contributed by atoms with Crippen molar-refractivity contribution in [2.45, 2.75) is 19.4 Å². The second-order valence-electron chi connectivity index (χ2n) is 4.43. The van der Waals surface area contributed by atoms with Crippen LogP contribution in [-0.4, -0.2) is 29.3 Å². The molecule has 0 radical (unpaired) electrons.